The standard InChI is InChI=1S/C37H39N3O6/c1-4-25-17-19-26(20-18-25)22-33(35(43)38(2)23-34(41)42)40-21-11-5-6-16-32(36(40)44)39(3)37(45)46-24-31-29-14-9-7-12-27(29)28-13-8-10-15-30(28)31/h4-10,12-15,17-20,31-33H,1,11,16,21-24H2,2-3H3,(H,41,42)/t32-,33-/m0/s1. The van der Waals surface area contributed by atoms with Crippen molar-refractivity contribution in [3.63, 3.8) is 0 Å². The molecule has 0 saturated heterocycles. The van der Waals surface area contributed by atoms with Gasteiger partial charge in [-0.05, 0) is 46.2 Å². The highest BCUT2D eigenvalue weighted by atomic mass is 16.6. The Balaban J connectivity index is 1.36. The number of fused-ring (bicyclic) bond motifs is 3. The number of aliphatic carboxylic acids is 1. The first-order chi connectivity index (χ1) is 22.2. The van der Waals surface area contributed by atoms with Gasteiger partial charge >= 0.3 is 12.1 Å². The minimum Gasteiger partial charge on any atom is -0.480 e. The highest BCUT2D eigenvalue weighted by Gasteiger charge is 2.39. The molecule has 5 rings (SSSR count). The van der Waals surface area contributed by atoms with Crippen molar-refractivity contribution < 1.29 is 29.0 Å². The molecule has 1 N–H and O–H groups in total. The first-order valence-electron chi connectivity index (χ1n) is 15.4. The average Bonchev–Trinajstić information content (AvgIpc) is 3.37. The van der Waals surface area contributed by atoms with E-state index in [-0.39, 0.29) is 31.9 Å². The van der Waals surface area contributed by atoms with Gasteiger partial charge in [-0.1, -0.05) is 97.6 Å². The summed E-state index contributed by atoms with van der Waals surface area (Å²) >= 11 is 0. The van der Waals surface area contributed by atoms with E-state index in [2.05, 4.69) is 18.7 Å². The first-order valence-corrected chi connectivity index (χ1v) is 15.4. The van der Waals surface area contributed by atoms with Gasteiger partial charge in [0, 0.05) is 33.0 Å². The van der Waals surface area contributed by atoms with Crippen LogP contribution in [0.2, 0.25) is 0 Å². The Hall–Kier alpha value is -5.18. The maximum atomic E-state index is 14.3. The smallest absolute Gasteiger partial charge is 0.410 e. The summed E-state index contributed by atoms with van der Waals surface area (Å²) in [5.41, 5.74) is 6.12. The lowest BCUT2D eigenvalue weighted by Crippen LogP contribution is -2.57. The molecule has 1 aliphatic heterocycles. The largest absolute Gasteiger partial charge is 0.480 e. The molecule has 0 spiro atoms. The SMILES string of the molecule is C=Cc1ccc(C[C@@H](C(=O)N(C)CC(=O)O)N2CCC=CC[C@H](N(C)C(=O)OCC3c4ccccc4-c4ccccc43)C2=O)cc1. The number of carboxylic acid groups (broad SMARTS) is 1. The van der Waals surface area contributed by atoms with Crippen LogP contribution >= 0.6 is 0 Å². The minimum atomic E-state index is -1.15. The summed E-state index contributed by atoms with van der Waals surface area (Å²) in [5, 5.41) is 9.37. The Morgan fingerprint density at radius 2 is 1.61 bits per heavy atom. The zero-order valence-electron chi connectivity index (χ0n) is 26.2. The van der Waals surface area contributed by atoms with E-state index in [1.165, 1.54) is 23.9 Å². The average molecular weight is 622 g/mol. The van der Waals surface area contributed by atoms with Crippen LogP contribution in [-0.4, -0.2) is 89.6 Å². The van der Waals surface area contributed by atoms with Crippen molar-refractivity contribution in [1.82, 2.24) is 14.7 Å². The molecule has 238 valence electrons. The second-order valence-corrected chi connectivity index (χ2v) is 11.7. The maximum absolute atomic E-state index is 14.3. The molecule has 1 heterocycles. The molecule has 3 aromatic carbocycles. The number of amides is 3. The van der Waals surface area contributed by atoms with Crippen LogP contribution in [-0.2, 0) is 25.5 Å². The lowest BCUT2D eigenvalue weighted by Gasteiger charge is -2.38. The van der Waals surface area contributed by atoms with Gasteiger partial charge in [-0.25, -0.2) is 4.79 Å². The zero-order chi connectivity index (χ0) is 32.8. The van der Waals surface area contributed by atoms with Crippen molar-refractivity contribution in [2.24, 2.45) is 0 Å². The van der Waals surface area contributed by atoms with Crippen LogP contribution in [0.1, 0.15) is 41.0 Å². The fourth-order valence-corrected chi connectivity index (χ4v) is 6.29. The maximum Gasteiger partial charge on any atom is 0.410 e. The van der Waals surface area contributed by atoms with Crippen LogP contribution in [0.15, 0.2) is 91.5 Å². The number of hydrogen-bond donors (Lipinski definition) is 1. The van der Waals surface area contributed by atoms with E-state index in [9.17, 15) is 24.3 Å². The molecule has 3 aromatic rings. The summed E-state index contributed by atoms with van der Waals surface area (Å²) in [4.78, 5) is 56.9. The van der Waals surface area contributed by atoms with Crippen molar-refractivity contribution in [1.29, 1.82) is 0 Å². The van der Waals surface area contributed by atoms with Gasteiger partial charge in [0.25, 0.3) is 0 Å². The van der Waals surface area contributed by atoms with Crippen molar-refractivity contribution in [2.45, 2.75) is 37.3 Å². The Morgan fingerprint density at radius 1 is 0.978 bits per heavy atom. The number of benzene rings is 3. The van der Waals surface area contributed by atoms with Gasteiger partial charge < -0.3 is 19.6 Å². The third-order valence-corrected chi connectivity index (χ3v) is 8.78. The van der Waals surface area contributed by atoms with Crippen LogP contribution in [0, 0.1) is 0 Å². The summed E-state index contributed by atoms with van der Waals surface area (Å²) in [6.07, 6.45) is 5.81. The van der Waals surface area contributed by atoms with Gasteiger partial charge in [0.2, 0.25) is 11.8 Å². The topological polar surface area (TPSA) is 107 Å². The van der Waals surface area contributed by atoms with E-state index >= 15 is 0 Å². The molecule has 3 amide bonds. The number of hydrogen-bond acceptors (Lipinski definition) is 5. The lowest BCUT2D eigenvalue weighted by molar-refractivity contribution is -0.150. The fraction of sp³-hybridized carbons (Fsp3) is 0.297. The Morgan fingerprint density at radius 3 is 2.22 bits per heavy atom. The third kappa shape index (κ3) is 6.88. The highest BCUT2D eigenvalue weighted by Crippen LogP contribution is 2.44. The number of likely N-dealkylation sites (N-methyl/N-ethyl adjacent to an activating group) is 2. The summed E-state index contributed by atoms with van der Waals surface area (Å²) < 4.78 is 5.86. The number of carbonyl (C=O) groups excluding carboxylic acids is 3. The molecular weight excluding hydrogens is 582 g/mol. The molecule has 9 heteroatoms. The molecule has 0 fully saturated rings. The zero-order valence-corrected chi connectivity index (χ0v) is 26.2. The molecule has 0 radical (unpaired) electrons. The molecule has 46 heavy (non-hydrogen) atoms. The third-order valence-electron chi connectivity index (χ3n) is 8.78. The van der Waals surface area contributed by atoms with Gasteiger partial charge in [-0.3, -0.25) is 19.3 Å². The highest BCUT2D eigenvalue weighted by molar-refractivity contribution is 5.92. The van der Waals surface area contributed by atoms with Crippen molar-refractivity contribution in [3.05, 3.63) is 114 Å². The Kier molecular flexibility index (Phi) is 10.0. The Bertz CT molecular complexity index is 1600. The van der Waals surface area contributed by atoms with E-state index in [1.807, 2.05) is 72.8 Å². The van der Waals surface area contributed by atoms with Gasteiger partial charge in [-0.2, -0.15) is 0 Å². The predicted molar refractivity (Wildman–Crippen MR) is 176 cm³/mol. The van der Waals surface area contributed by atoms with E-state index < -0.39 is 42.5 Å². The molecule has 1 aliphatic carbocycles. The summed E-state index contributed by atoms with van der Waals surface area (Å²) in [6, 6.07) is 21.7. The van der Waals surface area contributed by atoms with Gasteiger partial charge in [0.1, 0.15) is 25.2 Å². The van der Waals surface area contributed by atoms with Gasteiger partial charge in [-0.15, -0.1) is 0 Å². The minimum absolute atomic E-state index is 0.111. The van der Waals surface area contributed by atoms with Crippen LogP contribution in [0.5, 0.6) is 0 Å². The summed E-state index contributed by atoms with van der Waals surface area (Å²) in [6.45, 7) is 3.61. The van der Waals surface area contributed by atoms with E-state index in [4.69, 9.17) is 4.74 Å². The number of carbonyl (C=O) groups is 4. The predicted octanol–water partition coefficient (Wildman–Crippen LogP) is 5.21. The number of rotatable bonds is 10. The van der Waals surface area contributed by atoms with Gasteiger partial charge in [0.05, 0.1) is 0 Å². The summed E-state index contributed by atoms with van der Waals surface area (Å²) in [5.74, 6) is -2.17. The molecule has 0 aromatic heterocycles. The lowest BCUT2D eigenvalue weighted by atomic mass is 9.98. The fourth-order valence-electron chi connectivity index (χ4n) is 6.29. The number of nitrogens with zero attached hydrogens (tertiary/aromatic N) is 3. The van der Waals surface area contributed by atoms with Crippen molar-refractivity contribution in [2.75, 3.05) is 33.8 Å². The number of ether oxygens (including phenoxy) is 1. The van der Waals surface area contributed by atoms with Crippen LogP contribution in [0.4, 0.5) is 4.79 Å². The molecule has 2 aliphatic rings. The second-order valence-electron chi connectivity index (χ2n) is 11.7. The quantitative estimate of drug-likeness (QED) is 0.312. The first kappa shape index (κ1) is 32.2. The van der Waals surface area contributed by atoms with Crippen LogP contribution in [0.25, 0.3) is 17.2 Å². The summed E-state index contributed by atoms with van der Waals surface area (Å²) in [7, 11) is 2.95. The molecule has 0 bridgehead atoms. The number of carboxylic acids is 1. The monoisotopic (exact) mass is 621 g/mol. The molecule has 0 saturated carbocycles. The van der Waals surface area contributed by atoms with E-state index in [0.29, 0.717) is 6.42 Å². The van der Waals surface area contributed by atoms with E-state index in [0.717, 1.165) is 38.3 Å². The van der Waals surface area contributed by atoms with Crippen molar-refractivity contribution in [3.8, 4) is 11.1 Å². The van der Waals surface area contributed by atoms with Crippen LogP contribution < -0.4 is 0 Å². The molecular formula is C37H39N3O6. The normalized spacial score (nSPS) is 16.4. The molecule has 9 nitrogen and oxygen atoms in total. The van der Waals surface area contributed by atoms with Crippen molar-refractivity contribution >= 4 is 30.0 Å². The molecule has 0 unspecified atom stereocenters. The Labute approximate surface area is 269 Å². The second kappa shape index (κ2) is 14.3. The van der Waals surface area contributed by atoms with Gasteiger partial charge in [0.15, 0.2) is 0 Å². The molecule has 2 atom stereocenters. The van der Waals surface area contributed by atoms with Crippen LogP contribution in [0.3, 0.4) is 0 Å². The van der Waals surface area contributed by atoms with E-state index in [1.54, 1.807) is 6.08 Å².